The SMILES string of the molecule is Cc1ccc(Cn2c(SCCN3C(=O)c4ccccc4S3(=O)=O)nc3ccccc3c2=O)cc1. The van der Waals surface area contributed by atoms with Crippen LogP contribution in [0.15, 0.2) is 87.6 Å². The fraction of sp³-hybridized carbons (Fsp3) is 0.160. The van der Waals surface area contributed by atoms with Crippen LogP contribution < -0.4 is 5.56 Å². The quantitative estimate of drug-likeness (QED) is 0.302. The number of thioether (sulfide) groups is 1. The topological polar surface area (TPSA) is 89.3 Å². The molecular weight excluding hydrogens is 470 g/mol. The first kappa shape index (κ1) is 22.4. The minimum atomic E-state index is -3.87. The highest BCUT2D eigenvalue weighted by molar-refractivity contribution is 7.99. The molecule has 172 valence electrons. The lowest BCUT2D eigenvalue weighted by Gasteiger charge is -2.16. The van der Waals surface area contributed by atoms with Gasteiger partial charge in [-0.1, -0.05) is 65.9 Å². The van der Waals surface area contributed by atoms with Crippen molar-refractivity contribution in [2.45, 2.75) is 23.5 Å². The molecule has 0 unspecified atom stereocenters. The largest absolute Gasteiger partial charge is 0.283 e. The third-order valence-electron chi connectivity index (χ3n) is 5.73. The van der Waals surface area contributed by atoms with Crippen molar-refractivity contribution in [1.29, 1.82) is 0 Å². The molecule has 3 aromatic carbocycles. The van der Waals surface area contributed by atoms with Crippen LogP contribution in [0.4, 0.5) is 0 Å². The summed E-state index contributed by atoms with van der Waals surface area (Å²) in [5.41, 5.74) is 2.69. The van der Waals surface area contributed by atoms with Crippen LogP contribution in [-0.2, 0) is 16.6 Å². The van der Waals surface area contributed by atoms with Gasteiger partial charge in [-0.15, -0.1) is 0 Å². The van der Waals surface area contributed by atoms with Crippen LogP contribution in [0.2, 0.25) is 0 Å². The maximum atomic E-state index is 13.3. The van der Waals surface area contributed by atoms with Crippen LogP contribution in [0.3, 0.4) is 0 Å². The molecule has 0 bridgehead atoms. The lowest BCUT2D eigenvalue weighted by Crippen LogP contribution is -2.32. The molecule has 0 saturated heterocycles. The Kier molecular flexibility index (Phi) is 5.75. The molecule has 0 spiro atoms. The molecule has 1 aliphatic heterocycles. The van der Waals surface area contributed by atoms with Gasteiger partial charge in [0.25, 0.3) is 21.5 Å². The second kappa shape index (κ2) is 8.73. The highest BCUT2D eigenvalue weighted by Crippen LogP contribution is 2.30. The van der Waals surface area contributed by atoms with Crippen LogP contribution in [-0.4, -0.2) is 40.5 Å². The van der Waals surface area contributed by atoms with Gasteiger partial charge in [-0.05, 0) is 36.8 Å². The first-order valence-electron chi connectivity index (χ1n) is 10.7. The average molecular weight is 492 g/mol. The maximum Gasteiger partial charge on any atom is 0.269 e. The third-order valence-corrected chi connectivity index (χ3v) is 8.52. The first-order chi connectivity index (χ1) is 16.4. The van der Waals surface area contributed by atoms with E-state index in [1.807, 2.05) is 37.3 Å². The van der Waals surface area contributed by atoms with E-state index in [1.54, 1.807) is 34.9 Å². The zero-order chi connectivity index (χ0) is 23.9. The minimum absolute atomic E-state index is 0.0201. The summed E-state index contributed by atoms with van der Waals surface area (Å²) in [4.78, 5) is 30.7. The number of aryl methyl sites for hydroxylation is 1. The predicted octanol–water partition coefficient (Wildman–Crippen LogP) is 3.69. The number of aromatic nitrogens is 2. The van der Waals surface area contributed by atoms with Gasteiger partial charge in [0.15, 0.2) is 5.16 Å². The van der Waals surface area contributed by atoms with E-state index in [0.29, 0.717) is 22.6 Å². The summed E-state index contributed by atoms with van der Waals surface area (Å²) in [5.74, 6) is -0.266. The Labute approximate surface area is 201 Å². The van der Waals surface area contributed by atoms with Crippen LogP contribution in [0, 0.1) is 6.92 Å². The number of rotatable bonds is 6. The summed E-state index contributed by atoms with van der Waals surface area (Å²) in [5, 5.41) is 0.998. The first-order valence-corrected chi connectivity index (χ1v) is 13.1. The summed E-state index contributed by atoms with van der Waals surface area (Å²) in [6, 6.07) is 21.3. The molecule has 5 rings (SSSR count). The van der Waals surface area contributed by atoms with Crippen molar-refractivity contribution in [2.24, 2.45) is 0 Å². The van der Waals surface area contributed by atoms with Crippen molar-refractivity contribution in [3.05, 3.63) is 99.8 Å². The summed E-state index contributed by atoms with van der Waals surface area (Å²) in [6.07, 6.45) is 0. The molecule has 7 nitrogen and oxygen atoms in total. The predicted molar refractivity (Wildman–Crippen MR) is 132 cm³/mol. The van der Waals surface area contributed by atoms with E-state index >= 15 is 0 Å². The molecule has 9 heteroatoms. The van der Waals surface area contributed by atoms with E-state index in [0.717, 1.165) is 15.4 Å². The van der Waals surface area contributed by atoms with Gasteiger partial charge < -0.3 is 0 Å². The van der Waals surface area contributed by atoms with E-state index in [1.165, 1.54) is 23.9 Å². The summed E-state index contributed by atoms with van der Waals surface area (Å²) in [6.45, 7) is 2.32. The number of carbonyl (C=O) groups excluding carboxylic acids is 1. The Morgan fingerprint density at radius 1 is 0.912 bits per heavy atom. The lowest BCUT2D eigenvalue weighted by molar-refractivity contribution is 0.0876. The number of para-hydroxylation sites is 1. The van der Waals surface area contributed by atoms with Gasteiger partial charge in [0.2, 0.25) is 0 Å². The molecule has 0 aliphatic carbocycles. The number of sulfonamides is 1. The summed E-state index contributed by atoms with van der Waals surface area (Å²) < 4.78 is 28.2. The van der Waals surface area contributed by atoms with E-state index in [4.69, 9.17) is 0 Å². The molecule has 0 atom stereocenters. The highest BCUT2D eigenvalue weighted by Gasteiger charge is 2.40. The molecule has 0 radical (unpaired) electrons. The molecule has 1 aromatic heterocycles. The van der Waals surface area contributed by atoms with E-state index in [2.05, 4.69) is 4.98 Å². The number of fused-ring (bicyclic) bond motifs is 2. The molecule has 0 N–H and O–H groups in total. The van der Waals surface area contributed by atoms with Gasteiger partial charge in [-0.3, -0.25) is 14.2 Å². The van der Waals surface area contributed by atoms with Gasteiger partial charge >= 0.3 is 0 Å². The second-order valence-corrected chi connectivity index (χ2v) is 10.9. The van der Waals surface area contributed by atoms with Crippen molar-refractivity contribution in [3.8, 4) is 0 Å². The minimum Gasteiger partial charge on any atom is -0.283 e. The number of hydrogen-bond acceptors (Lipinski definition) is 6. The standard InChI is InChI=1S/C25H21N3O4S2/c1-17-10-12-18(13-11-17)16-27-23(29)19-6-2-4-8-21(19)26-25(27)33-15-14-28-24(30)20-7-3-5-9-22(20)34(28,31)32/h2-13H,14-16H2,1H3. The van der Waals surface area contributed by atoms with Gasteiger partial charge in [-0.25, -0.2) is 17.7 Å². The van der Waals surface area contributed by atoms with E-state index < -0.39 is 15.9 Å². The van der Waals surface area contributed by atoms with Crippen molar-refractivity contribution in [2.75, 3.05) is 12.3 Å². The number of carbonyl (C=O) groups is 1. The fourth-order valence-electron chi connectivity index (χ4n) is 3.95. The molecule has 1 amide bonds. The Balaban J connectivity index is 1.44. The molecule has 2 heterocycles. The third kappa shape index (κ3) is 3.91. The van der Waals surface area contributed by atoms with Crippen LogP contribution in [0.1, 0.15) is 21.5 Å². The maximum absolute atomic E-state index is 13.3. The highest BCUT2D eigenvalue weighted by atomic mass is 32.2. The van der Waals surface area contributed by atoms with Crippen LogP contribution >= 0.6 is 11.8 Å². The summed E-state index contributed by atoms with van der Waals surface area (Å²) >= 11 is 1.26. The Hall–Kier alpha value is -3.43. The number of hydrogen-bond donors (Lipinski definition) is 0. The zero-order valence-electron chi connectivity index (χ0n) is 18.3. The second-order valence-electron chi connectivity index (χ2n) is 8.02. The van der Waals surface area contributed by atoms with Crippen molar-refractivity contribution in [1.82, 2.24) is 13.9 Å². The Morgan fingerprint density at radius 3 is 2.38 bits per heavy atom. The van der Waals surface area contributed by atoms with E-state index in [-0.39, 0.29) is 28.3 Å². The Morgan fingerprint density at radius 2 is 1.62 bits per heavy atom. The van der Waals surface area contributed by atoms with Crippen molar-refractivity contribution in [3.63, 3.8) is 0 Å². The van der Waals surface area contributed by atoms with Gasteiger partial charge in [0.05, 0.1) is 23.0 Å². The zero-order valence-corrected chi connectivity index (χ0v) is 20.0. The fourth-order valence-corrected chi connectivity index (χ4v) is 6.55. The molecule has 0 saturated carbocycles. The van der Waals surface area contributed by atoms with Crippen molar-refractivity contribution >= 4 is 38.6 Å². The monoisotopic (exact) mass is 491 g/mol. The number of nitrogens with zero attached hydrogens (tertiary/aromatic N) is 3. The molecular formula is C25H21N3O4S2. The van der Waals surface area contributed by atoms with E-state index in [9.17, 15) is 18.0 Å². The molecule has 4 aromatic rings. The van der Waals surface area contributed by atoms with Crippen molar-refractivity contribution < 1.29 is 13.2 Å². The molecule has 0 fully saturated rings. The number of amides is 1. The lowest BCUT2D eigenvalue weighted by atomic mass is 10.1. The van der Waals surface area contributed by atoms with Gasteiger partial charge in [-0.2, -0.15) is 0 Å². The van der Waals surface area contributed by atoms with Gasteiger partial charge in [0.1, 0.15) is 4.90 Å². The molecule has 1 aliphatic rings. The average Bonchev–Trinajstić information content (AvgIpc) is 3.03. The van der Waals surface area contributed by atoms with Crippen LogP contribution in [0.5, 0.6) is 0 Å². The van der Waals surface area contributed by atoms with Gasteiger partial charge in [0, 0.05) is 12.3 Å². The smallest absolute Gasteiger partial charge is 0.269 e. The molecule has 34 heavy (non-hydrogen) atoms. The Bertz CT molecular complexity index is 1580. The summed E-state index contributed by atoms with van der Waals surface area (Å²) in [7, 11) is -3.87. The number of benzene rings is 3. The van der Waals surface area contributed by atoms with Crippen LogP contribution in [0.25, 0.3) is 10.9 Å². The normalized spacial score (nSPS) is 14.5.